The predicted octanol–water partition coefficient (Wildman–Crippen LogP) is 8.53. The van der Waals surface area contributed by atoms with Gasteiger partial charge in [-0.05, 0) is 66.9 Å². The molecule has 40 heavy (non-hydrogen) atoms. The van der Waals surface area contributed by atoms with Gasteiger partial charge >= 0.3 is 12.1 Å². The summed E-state index contributed by atoms with van der Waals surface area (Å²) < 4.78 is 49.1. The summed E-state index contributed by atoms with van der Waals surface area (Å²) in [5, 5.41) is 12.5. The number of carbonyl (C=O) groups is 1. The maximum Gasteiger partial charge on any atom is 0.452 e. The fourth-order valence-corrected chi connectivity index (χ4v) is 5.68. The second-order valence-electron chi connectivity index (χ2n) is 12.3. The van der Waals surface area contributed by atoms with E-state index >= 15 is 0 Å². The molecule has 2 N–H and O–H groups in total. The van der Waals surface area contributed by atoms with Gasteiger partial charge in [0, 0.05) is 31.2 Å². The fraction of sp³-hybridized carbons (Fsp3) is 0.679. The van der Waals surface area contributed by atoms with Gasteiger partial charge in [0.05, 0.1) is 17.8 Å². The first-order chi connectivity index (χ1) is 18.4. The zero-order valence-corrected chi connectivity index (χ0v) is 26.8. The quantitative estimate of drug-likeness (QED) is 0.156. The highest BCUT2D eigenvalue weighted by atomic mass is 32.1. The van der Waals surface area contributed by atoms with Crippen molar-refractivity contribution >= 4 is 42.3 Å². The molecule has 12 heteroatoms. The molecule has 2 rings (SSSR count). The molecule has 2 aromatic rings. The van der Waals surface area contributed by atoms with Gasteiger partial charge in [-0.2, -0.15) is 22.5 Å². The summed E-state index contributed by atoms with van der Waals surface area (Å²) >= 11 is 0.645. The van der Waals surface area contributed by atoms with Crippen LogP contribution in [0.5, 0.6) is 0 Å². The number of anilines is 3. The number of aromatic nitrogens is 2. The van der Waals surface area contributed by atoms with Gasteiger partial charge in [-0.3, -0.25) is 4.79 Å². The lowest BCUT2D eigenvalue weighted by Crippen LogP contribution is -2.40. The Balaban J connectivity index is 2.24. The van der Waals surface area contributed by atoms with Crippen LogP contribution in [0.2, 0.25) is 18.1 Å². The van der Waals surface area contributed by atoms with E-state index in [9.17, 15) is 23.1 Å². The SMILES string of the molecule is CC(C)CN(CCCCCO[Si](C)(C)C(C)(C)C)c1ccc([C@H](C)CC(=O)O)cc1Nc1nc(C(F)(F)F)ns1. The minimum absolute atomic E-state index is 0.0314. The van der Waals surface area contributed by atoms with Crippen molar-refractivity contribution in [1.29, 1.82) is 0 Å². The van der Waals surface area contributed by atoms with Crippen molar-refractivity contribution in [2.24, 2.45) is 5.92 Å². The van der Waals surface area contributed by atoms with Gasteiger partial charge in [0.2, 0.25) is 11.0 Å². The molecule has 0 unspecified atom stereocenters. The van der Waals surface area contributed by atoms with Crippen LogP contribution in [-0.4, -0.2) is 48.4 Å². The van der Waals surface area contributed by atoms with Gasteiger partial charge in [-0.15, -0.1) is 0 Å². The lowest BCUT2D eigenvalue weighted by atomic mass is 9.96. The van der Waals surface area contributed by atoms with E-state index in [4.69, 9.17) is 4.43 Å². The molecule has 0 saturated heterocycles. The second kappa shape index (κ2) is 14.1. The molecular weight excluding hydrogens is 557 g/mol. The lowest BCUT2D eigenvalue weighted by Gasteiger charge is -2.36. The maximum absolute atomic E-state index is 13.1. The van der Waals surface area contributed by atoms with Crippen molar-refractivity contribution in [3.63, 3.8) is 0 Å². The lowest BCUT2D eigenvalue weighted by molar-refractivity contribution is -0.144. The third-order valence-corrected chi connectivity index (χ3v) is 12.4. The summed E-state index contributed by atoms with van der Waals surface area (Å²) in [5.41, 5.74) is 2.20. The molecule has 0 bridgehead atoms. The molecule has 1 heterocycles. The van der Waals surface area contributed by atoms with E-state index in [0.717, 1.165) is 50.2 Å². The number of alkyl halides is 3. The monoisotopic (exact) mass is 602 g/mol. The highest BCUT2D eigenvalue weighted by molar-refractivity contribution is 7.09. The number of carboxylic acids is 1. The van der Waals surface area contributed by atoms with Gasteiger partial charge in [0.1, 0.15) is 0 Å². The van der Waals surface area contributed by atoms with Crippen molar-refractivity contribution in [3.8, 4) is 0 Å². The molecular formula is C28H45F3N4O3SSi. The molecule has 0 spiro atoms. The number of halogens is 3. The topological polar surface area (TPSA) is 87.6 Å². The minimum atomic E-state index is -4.63. The number of nitrogens with one attached hydrogen (secondary N) is 1. The van der Waals surface area contributed by atoms with Crippen molar-refractivity contribution in [2.75, 3.05) is 29.9 Å². The summed E-state index contributed by atoms with van der Waals surface area (Å²) in [4.78, 5) is 17.2. The molecule has 0 saturated carbocycles. The first-order valence-corrected chi connectivity index (χ1v) is 17.5. The number of nitrogens with zero attached hydrogens (tertiary/aromatic N) is 3. The molecule has 1 atom stereocenters. The number of benzene rings is 1. The van der Waals surface area contributed by atoms with E-state index in [1.54, 1.807) is 0 Å². The summed E-state index contributed by atoms with van der Waals surface area (Å²) in [6, 6.07) is 5.64. The Labute approximate surface area is 241 Å². The van der Waals surface area contributed by atoms with Gasteiger partial charge in [-0.25, -0.2) is 0 Å². The number of unbranched alkanes of at least 4 members (excludes halogenated alkanes) is 2. The highest BCUT2D eigenvalue weighted by Gasteiger charge is 2.37. The summed E-state index contributed by atoms with van der Waals surface area (Å²) in [7, 11) is -1.78. The summed E-state index contributed by atoms with van der Waals surface area (Å²) in [5.74, 6) is -2.02. The zero-order chi connectivity index (χ0) is 30.3. The third kappa shape index (κ3) is 10.3. The highest BCUT2D eigenvalue weighted by Crippen LogP contribution is 2.37. The Morgan fingerprint density at radius 2 is 1.82 bits per heavy atom. The van der Waals surface area contributed by atoms with Crippen LogP contribution in [-0.2, 0) is 15.4 Å². The largest absolute Gasteiger partial charge is 0.481 e. The molecule has 0 aliphatic carbocycles. The Morgan fingerprint density at radius 3 is 2.38 bits per heavy atom. The number of hydrogen-bond acceptors (Lipinski definition) is 7. The number of carboxylic acid groups (broad SMARTS) is 1. The summed E-state index contributed by atoms with van der Waals surface area (Å²) in [6.07, 6.45) is -1.80. The molecule has 0 radical (unpaired) electrons. The van der Waals surface area contributed by atoms with Crippen LogP contribution >= 0.6 is 11.5 Å². The zero-order valence-electron chi connectivity index (χ0n) is 25.0. The van der Waals surface area contributed by atoms with Gasteiger partial charge < -0.3 is 19.7 Å². The van der Waals surface area contributed by atoms with Crippen molar-refractivity contribution in [1.82, 2.24) is 9.36 Å². The molecule has 7 nitrogen and oxygen atoms in total. The maximum atomic E-state index is 13.1. The van der Waals surface area contributed by atoms with Crippen LogP contribution in [0, 0.1) is 5.92 Å². The average Bonchev–Trinajstić information content (AvgIpc) is 3.28. The third-order valence-electron chi connectivity index (χ3n) is 7.26. The van der Waals surface area contributed by atoms with E-state index in [2.05, 4.69) is 67.3 Å². The standard InChI is InChI=1S/C28H45F3N4O3SSi/c1-19(2)18-35(14-10-9-11-15-38-40(7,8)27(4,5)6)23-13-12-21(20(3)16-24(36)37)17-22(23)32-26-33-25(34-39-26)28(29,30)31/h12-13,17,19-20H,9-11,14-16,18H2,1-8H3,(H,36,37)(H,32,33,34)/t20-/m1/s1. The van der Waals surface area contributed by atoms with Crippen LogP contribution in [0.3, 0.4) is 0 Å². The van der Waals surface area contributed by atoms with Crippen molar-refractivity contribution in [3.05, 3.63) is 29.6 Å². The predicted molar refractivity (Wildman–Crippen MR) is 159 cm³/mol. The fourth-order valence-electron chi connectivity index (χ4n) is 4.00. The summed E-state index contributed by atoms with van der Waals surface area (Å²) in [6.45, 7) is 19.5. The Morgan fingerprint density at radius 1 is 1.15 bits per heavy atom. The minimum Gasteiger partial charge on any atom is -0.481 e. The molecule has 1 aromatic heterocycles. The van der Waals surface area contributed by atoms with Crippen LogP contribution in [0.15, 0.2) is 18.2 Å². The molecule has 226 valence electrons. The normalized spacial score (nSPS) is 13.5. The second-order valence-corrected chi connectivity index (χ2v) is 17.9. The van der Waals surface area contributed by atoms with Crippen LogP contribution < -0.4 is 10.2 Å². The van der Waals surface area contributed by atoms with Gasteiger partial charge in [0.25, 0.3) is 0 Å². The number of aliphatic carboxylic acids is 1. The first-order valence-electron chi connectivity index (χ1n) is 13.8. The van der Waals surface area contributed by atoms with Crippen LogP contribution in [0.25, 0.3) is 0 Å². The number of hydrogen-bond donors (Lipinski definition) is 2. The van der Waals surface area contributed by atoms with E-state index in [1.807, 2.05) is 25.1 Å². The van der Waals surface area contributed by atoms with Crippen molar-refractivity contribution < 1.29 is 27.5 Å². The average molecular weight is 603 g/mol. The Bertz CT molecular complexity index is 1100. The first kappa shape index (κ1) is 34.0. The smallest absolute Gasteiger partial charge is 0.452 e. The van der Waals surface area contributed by atoms with E-state index in [-0.39, 0.29) is 22.5 Å². The molecule has 0 aliphatic heterocycles. The van der Waals surface area contributed by atoms with E-state index in [0.29, 0.717) is 23.1 Å². The van der Waals surface area contributed by atoms with Crippen LogP contribution in [0.4, 0.5) is 29.7 Å². The van der Waals surface area contributed by atoms with Crippen molar-refractivity contribution in [2.45, 2.75) is 97.5 Å². The molecule has 0 aliphatic rings. The number of rotatable bonds is 15. The van der Waals surface area contributed by atoms with Gasteiger partial charge in [-0.1, -0.05) is 47.6 Å². The van der Waals surface area contributed by atoms with E-state index in [1.165, 1.54) is 0 Å². The van der Waals surface area contributed by atoms with Crippen LogP contribution in [0.1, 0.15) is 84.5 Å². The Hall–Kier alpha value is -2.18. The molecule has 1 aromatic carbocycles. The van der Waals surface area contributed by atoms with E-state index < -0.39 is 26.3 Å². The van der Waals surface area contributed by atoms with Gasteiger partial charge in [0.15, 0.2) is 8.32 Å². The molecule has 0 fully saturated rings. The Kier molecular flexibility index (Phi) is 12.0. The molecule has 0 amide bonds.